The number of hydrogen-bond donors (Lipinski definition) is 1. The van der Waals surface area contributed by atoms with Crippen molar-refractivity contribution in [1.82, 2.24) is 15.2 Å². The van der Waals surface area contributed by atoms with Gasteiger partial charge in [0.1, 0.15) is 0 Å². The molecule has 4 nitrogen and oxygen atoms in total. The Labute approximate surface area is 140 Å². The number of aryl methyl sites for hydroxylation is 1. The molecule has 2 aromatic rings. The van der Waals surface area contributed by atoms with E-state index in [1.165, 1.54) is 16.0 Å². The molecular weight excluding hydrogens is 306 g/mol. The molecule has 1 amide bonds. The molecule has 1 saturated heterocycles. The van der Waals surface area contributed by atoms with Crippen LogP contribution in [0.25, 0.3) is 10.4 Å². The van der Waals surface area contributed by atoms with Crippen LogP contribution in [0, 0.1) is 6.92 Å². The highest BCUT2D eigenvalue weighted by Gasteiger charge is 2.25. The summed E-state index contributed by atoms with van der Waals surface area (Å²) in [4.78, 5) is 18.4. The number of hydrogen-bond acceptors (Lipinski definition) is 4. The molecule has 0 saturated carbocycles. The first-order chi connectivity index (χ1) is 11.2. The Morgan fingerprint density at radius 3 is 2.91 bits per heavy atom. The van der Waals surface area contributed by atoms with Crippen LogP contribution < -0.4 is 5.32 Å². The van der Waals surface area contributed by atoms with E-state index in [1.54, 1.807) is 11.3 Å². The Bertz CT molecular complexity index is 693. The lowest BCUT2D eigenvalue weighted by molar-refractivity contribution is -0.118. The van der Waals surface area contributed by atoms with Crippen molar-refractivity contribution >= 4 is 17.7 Å². The quantitative estimate of drug-likeness (QED) is 0.828. The molecule has 5 heteroatoms. The van der Waals surface area contributed by atoms with E-state index < -0.39 is 0 Å². The van der Waals surface area contributed by atoms with Crippen molar-refractivity contribution in [3.63, 3.8) is 0 Å². The number of benzene rings is 1. The summed E-state index contributed by atoms with van der Waals surface area (Å²) in [6.45, 7) is 7.69. The third-order valence-electron chi connectivity index (χ3n) is 4.31. The molecule has 120 valence electrons. The van der Waals surface area contributed by atoms with Gasteiger partial charge in [0.15, 0.2) is 0 Å². The Morgan fingerprint density at radius 1 is 1.48 bits per heavy atom. The van der Waals surface area contributed by atoms with E-state index in [-0.39, 0.29) is 6.04 Å². The van der Waals surface area contributed by atoms with E-state index >= 15 is 0 Å². The molecule has 0 aliphatic carbocycles. The summed E-state index contributed by atoms with van der Waals surface area (Å²) in [5.41, 5.74) is 6.29. The van der Waals surface area contributed by atoms with Gasteiger partial charge >= 0.3 is 0 Å². The van der Waals surface area contributed by atoms with Gasteiger partial charge in [0.05, 0.1) is 22.1 Å². The van der Waals surface area contributed by atoms with Gasteiger partial charge in [-0.2, -0.15) is 0 Å². The summed E-state index contributed by atoms with van der Waals surface area (Å²) in [5, 5.41) is 3.37. The van der Waals surface area contributed by atoms with Crippen LogP contribution >= 0.6 is 11.3 Å². The summed E-state index contributed by atoms with van der Waals surface area (Å²) < 4.78 is 0. The number of rotatable bonds is 6. The van der Waals surface area contributed by atoms with Gasteiger partial charge < -0.3 is 10.2 Å². The van der Waals surface area contributed by atoms with Crippen LogP contribution in [-0.2, 0) is 11.3 Å². The Kier molecular flexibility index (Phi) is 4.76. The summed E-state index contributed by atoms with van der Waals surface area (Å²) in [6.07, 6.45) is 2.97. The molecule has 1 N–H and O–H groups in total. The first-order valence-corrected chi connectivity index (χ1v) is 8.70. The minimum atomic E-state index is 0.131. The normalized spacial score (nSPS) is 17.3. The lowest BCUT2D eigenvalue weighted by atomic mass is 10.1. The van der Waals surface area contributed by atoms with Crippen molar-refractivity contribution in [1.29, 1.82) is 0 Å². The third kappa shape index (κ3) is 3.45. The van der Waals surface area contributed by atoms with Crippen LogP contribution in [0.2, 0.25) is 0 Å². The molecule has 1 aromatic heterocycles. The van der Waals surface area contributed by atoms with Gasteiger partial charge in [0.25, 0.3) is 0 Å². The number of nitrogens with one attached hydrogen (secondary N) is 1. The Hall–Kier alpha value is -2.14. The summed E-state index contributed by atoms with van der Waals surface area (Å²) in [6, 6.07) is 8.65. The highest BCUT2D eigenvalue weighted by molar-refractivity contribution is 7.13. The second-order valence-corrected chi connectivity index (χ2v) is 6.70. The number of carbonyl (C=O) groups excluding carboxylic acids is 1. The molecule has 1 fully saturated rings. The first kappa shape index (κ1) is 15.7. The zero-order valence-electron chi connectivity index (χ0n) is 13.3. The van der Waals surface area contributed by atoms with Gasteiger partial charge in [-0.15, -0.1) is 11.3 Å². The standard InChI is InChI=1S/C18H21N3OS/c1-13(17-4-3-9-21(17)12-22)19-10-15-5-7-16(8-6-15)18-14(2)20-11-23-18/h5-8,11-12,17,19H,1,3-4,9-10H2,2H3. The molecule has 1 aliphatic heterocycles. The van der Waals surface area contributed by atoms with Crippen LogP contribution in [0.15, 0.2) is 42.1 Å². The maximum absolute atomic E-state index is 11.0. The van der Waals surface area contributed by atoms with E-state index in [1.807, 2.05) is 17.3 Å². The van der Waals surface area contributed by atoms with Crippen molar-refractivity contribution in [2.75, 3.05) is 6.54 Å². The molecule has 23 heavy (non-hydrogen) atoms. The van der Waals surface area contributed by atoms with E-state index in [0.29, 0.717) is 0 Å². The summed E-state index contributed by atoms with van der Waals surface area (Å²) in [7, 11) is 0. The monoisotopic (exact) mass is 327 g/mol. The predicted molar refractivity (Wildman–Crippen MR) is 94.1 cm³/mol. The number of thiazole rings is 1. The summed E-state index contributed by atoms with van der Waals surface area (Å²) >= 11 is 1.67. The number of aromatic nitrogens is 1. The van der Waals surface area contributed by atoms with E-state index in [0.717, 1.165) is 43.7 Å². The summed E-state index contributed by atoms with van der Waals surface area (Å²) in [5.74, 6) is 0. The molecule has 1 aromatic carbocycles. The largest absolute Gasteiger partial charge is 0.383 e. The van der Waals surface area contributed by atoms with Crippen LogP contribution in [0.1, 0.15) is 24.1 Å². The molecule has 1 unspecified atom stereocenters. The van der Waals surface area contributed by atoms with Crippen molar-refractivity contribution in [2.24, 2.45) is 0 Å². The van der Waals surface area contributed by atoms with Crippen molar-refractivity contribution in [3.8, 4) is 10.4 Å². The van der Waals surface area contributed by atoms with Crippen molar-refractivity contribution in [2.45, 2.75) is 32.4 Å². The zero-order valence-corrected chi connectivity index (χ0v) is 14.1. The van der Waals surface area contributed by atoms with Crippen molar-refractivity contribution < 1.29 is 4.79 Å². The highest BCUT2D eigenvalue weighted by Crippen LogP contribution is 2.27. The lowest BCUT2D eigenvalue weighted by Gasteiger charge is -2.23. The number of likely N-dealkylation sites (tertiary alicyclic amines) is 1. The highest BCUT2D eigenvalue weighted by atomic mass is 32.1. The molecule has 0 bridgehead atoms. The van der Waals surface area contributed by atoms with Gasteiger partial charge in [-0.3, -0.25) is 4.79 Å². The fraction of sp³-hybridized carbons (Fsp3) is 0.333. The maximum Gasteiger partial charge on any atom is 0.210 e. The minimum absolute atomic E-state index is 0.131. The third-order valence-corrected chi connectivity index (χ3v) is 5.29. The Balaban J connectivity index is 1.60. The van der Waals surface area contributed by atoms with Crippen LogP contribution in [-0.4, -0.2) is 28.9 Å². The van der Waals surface area contributed by atoms with Crippen LogP contribution in [0.4, 0.5) is 0 Å². The number of carbonyl (C=O) groups is 1. The first-order valence-electron chi connectivity index (χ1n) is 7.82. The molecule has 3 rings (SSSR count). The molecule has 1 atom stereocenters. The molecule has 1 aliphatic rings. The number of amides is 1. The second-order valence-electron chi connectivity index (χ2n) is 5.84. The van der Waals surface area contributed by atoms with E-state index in [2.05, 4.69) is 41.1 Å². The van der Waals surface area contributed by atoms with Crippen molar-refractivity contribution in [3.05, 3.63) is 53.3 Å². The topological polar surface area (TPSA) is 45.2 Å². The van der Waals surface area contributed by atoms with Gasteiger partial charge in [-0.05, 0) is 30.9 Å². The lowest BCUT2D eigenvalue weighted by Crippen LogP contribution is -2.34. The Morgan fingerprint density at radius 2 is 2.26 bits per heavy atom. The van der Waals surface area contributed by atoms with Crippen LogP contribution in [0.3, 0.4) is 0 Å². The fourth-order valence-corrected chi connectivity index (χ4v) is 3.79. The average molecular weight is 327 g/mol. The van der Waals surface area contributed by atoms with Gasteiger partial charge in [-0.1, -0.05) is 30.8 Å². The van der Waals surface area contributed by atoms with E-state index in [9.17, 15) is 4.79 Å². The average Bonchev–Trinajstić information content (AvgIpc) is 3.21. The van der Waals surface area contributed by atoms with Gasteiger partial charge in [-0.25, -0.2) is 4.98 Å². The number of nitrogens with zero attached hydrogens (tertiary/aromatic N) is 2. The van der Waals surface area contributed by atoms with E-state index in [4.69, 9.17) is 0 Å². The van der Waals surface area contributed by atoms with Gasteiger partial charge in [0, 0.05) is 18.8 Å². The molecule has 2 heterocycles. The van der Waals surface area contributed by atoms with Gasteiger partial charge in [0.2, 0.25) is 6.41 Å². The molecular formula is C18H21N3OS. The zero-order chi connectivity index (χ0) is 16.2. The predicted octanol–water partition coefficient (Wildman–Crippen LogP) is 3.34. The smallest absolute Gasteiger partial charge is 0.210 e. The second kappa shape index (κ2) is 6.96. The molecule has 0 spiro atoms. The maximum atomic E-state index is 11.0. The van der Waals surface area contributed by atoms with Crippen LogP contribution in [0.5, 0.6) is 0 Å². The SMILES string of the molecule is C=C(NCc1ccc(-c2scnc2C)cc1)C1CCCN1C=O. The molecule has 0 radical (unpaired) electrons. The minimum Gasteiger partial charge on any atom is -0.383 e. The fourth-order valence-electron chi connectivity index (χ4n) is 2.98.